The zero-order valence-corrected chi connectivity index (χ0v) is 16.7. The van der Waals surface area contributed by atoms with Crippen LogP contribution in [0.4, 0.5) is 0 Å². The topological polar surface area (TPSA) is 73.3 Å². The van der Waals surface area contributed by atoms with Crippen LogP contribution in [0.3, 0.4) is 0 Å². The van der Waals surface area contributed by atoms with Crippen molar-refractivity contribution in [2.75, 3.05) is 20.2 Å². The summed E-state index contributed by atoms with van der Waals surface area (Å²) >= 11 is 0. The van der Waals surface area contributed by atoms with Crippen molar-refractivity contribution in [1.29, 1.82) is 0 Å². The number of quaternary nitrogens is 1. The number of hydrogen-bond acceptors (Lipinski definition) is 5. The van der Waals surface area contributed by atoms with E-state index in [1.165, 1.54) is 4.90 Å². The van der Waals surface area contributed by atoms with E-state index >= 15 is 0 Å². The molecule has 0 bridgehead atoms. The monoisotopic (exact) mass is 384 g/mol. The Labute approximate surface area is 163 Å². The third kappa shape index (κ3) is 3.82. The van der Waals surface area contributed by atoms with Crippen molar-refractivity contribution in [1.82, 2.24) is 0 Å². The van der Waals surface area contributed by atoms with E-state index in [1.807, 2.05) is 0 Å². The van der Waals surface area contributed by atoms with E-state index in [1.54, 1.807) is 50.4 Å². The number of phenols is 1. The second-order valence-electron chi connectivity index (χ2n) is 6.67. The Morgan fingerprint density at radius 1 is 1.04 bits per heavy atom. The lowest BCUT2D eigenvalue weighted by Gasteiger charge is -2.17. The SMILES string of the molecule is CC[NH+](CC)Cc1c(O)ccc2c(=O)c(Oc3ccc(OC)cc3)c(C)oc12. The van der Waals surface area contributed by atoms with Crippen LogP contribution in [-0.2, 0) is 6.54 Å². The molecule has 0 saturated heterocycles. The maximum atomic E-state index is 13.1. The average Bonchev–Trinajstić information content (AvgIpc) is 2.71. The average molecular weight is 384 g/mol. The quantitative estimate of drug-likeness (QED) is 0.655. The summed E-state index contributed by atoms with van der Waals surface area (Å²) < 4.78 is 16.9. The highest BCUT2D eigenvalue weighted by Gasteiger charge is 2.20. The molecule has 1 heterocycles. The Bertz CT molecular complexity index is 1020. The number of fused-ring (bicyclic) bond motifs is 1. The molecule has 6 nitrogen and oxygen atoms in total. The maximum absolute atomic E-state index is 13.1. The van der Waals surface area contributed by atoms with Crippen LogP contribution in [-0.4, -0.2) is 25.3 Å². The molecule has 0 amide bonds. The summed E-state index contributed by atoms with van der Waals surface area (Å²) in [7, 11) is 1.59. The normalized spacial score (nSPS) is 11.2. The summed E-state index contributed by atoms with van der Waals surface area (Å²) in [6.45, 7) is 8.27. The van der Waals surface area contributed by atoms with E-state index in [0.717, 1.165) is 13.1 Å². The Kier molecular flexibility index (Phi) is 5.90. The Hall–Kier alpha value is -2.99. The number of rotatable bonds is 7. The number of benzene rings is 2. The van der Waals surface area contributed by atoms with Crippen molar-refractivity contribution in [3.05, 3.63) is 57.9 Å². The van der Waals surface area contributed by atoms with Gasteiger partial charge in [0.25, 0.3) is 0 Å². The highest BCUT2D eigenvalue weighted by atomic mass is 16.5. The second-order valence-corrected chi connectivity index (χ2v) is 6.67. The van der Waals surface area contributed by atoms with Crippen molar-refractivity contribution >= 4 is 11.0 Å². The van der Waals surface area contributed by atoms with Gasteiger partial charge in [0.15, 0.2) is 5.58 Å². The summed E-state index contributed by atoms with van der Waals surface area (Å²) in [4.78, 5) is 14.3. The van der Waals surface area contributed by atoms with Gasteiger partial charge in [0.05, 0.1) is 31.1 Å². The lowest BCUT2D eigenvalue weighted by molar-refractivity contribution is -0.910. The van der Waals surface area contributed by atoms with Gasteiger partial charge in [0.1, 0.15) is 29.6 Å². The van der Waals surface area contributed by atoms with Crippen LogP contribution in [0.1, 0.15) is 25.2 Å². The molecule has 0 aliphatic carbocycles. The van der Waals surface area contributed by atoms with Crippen molar-refractivity contribution in [2.45, 2.75) is 27.3 Å². The number of ether oxygens (including phenoxy) is 2. The standard InChI is InChI=1S/C22H25NO5/c1-5-23(6-2)13-18-19(24)12-11-17-20(25)21(14(3)27-22(17)18)28-16-9-7-15(26-4)8-10-16/h7-12,24H,5-6,13H2,1-4H3/p+1. The van der Waals surface area contributed by atoms with Crippen LogP contribution in [0.5, 0.6) is 23.0 Å². The number of phenolic OH excluding ortho intramolecular Hbond substituents is 1. The molecule has 3 aromatic rings. The van der Waals surface area contributed by atoms with Gasteiger partial charge in [-0.2, -0.15) is 0 Å². The summed E-state index contributed by atoms with van der Waals surface area (Å²) in [5.41, 5.74) is 0.807. The van der Waals surface area contributed by atoms with E-state index < -0.39 is 0 Å². The van der Waals surface area contributed by atoms with Gasteiger partial charge < -0.3 is 23.9 Å². The molecular formula is C22H26NO5+. The molecule has 2 N–H and O–H groups in total. The molecule has 148 valence electrons. The van der Waals surface area contributed by atoms with E-state index in [4.69, 9.17) is 13.9 Å². The zero-order valence-electron chi connectivity index (χ0n) is 16.7. The molecule has 0 atom stereocenters. The van der Waals surface area contributed by atoms with E-state index in [0.29, 0.717) is 40.3 Å². The first-order valence-electron chi connectivity index (χ1n) is 9.42. The first kappa shape index (κ1) is 19.8. The van der Waals surface area contributed by atoms with Gasteiger partial charge in [-0.1, -0.05) is 0 Å². The number of nitrogens with one attached hydrogen (secondary N) is 1. The van der Waals surface area contributed by atoms with Crippen LogP contribution in [0.25, 0.3) is 11.0 Å². The van der Waals surface area contributed by atoms with Crippen LogP contribution >= 0.6 is 0 Å². The molecule has 6 heteroatoms. The molecule has 2 aromatic carbocycles. The third-order valence-corrected chi connectivity index (χ3v) is 4.97. The minimum absolute atomic E-state index is 0.137. The summed E-state index contributed by atoms with van der Waals surface area (Å²) in [6, 6.07) is 10.1. The minimum atomic E-state index is -0.259. The lowest BCUT2D eigenvalue weighted by Crippen LogP contribution is -3.10. The molecule has 0 fully saturated rings. The summed E-state index contributed by atoms with van der Waals surface area (Å²) in [5.74, 6) is 1.87. The van der Waals surface area contributed by atoms with Crippen molar-refractivity contribution in [2.24, 2.45) is 0 Å². The molecule has 28 heavy (non-hydrogen) atoms. The third-order valence-electron chi connectivity index (χ3n) is 4.97. The van der Waals surface area contributed by atoms with Gasteiger partial charge in [0, 0.05) is 0 Å². The van der Waals surface area contributed by atoms with Gasteiger partial charge in [-0.25, -0.2) is 0 Å². The fraction of sp³-hybridized carbons (Fsp3) is 0.318. The largest absolute Gasteiger partial charge is 0.507 e. The lowest BCUT2D eigenvalue weighted by atomic mass is 10.1. The fourth-order valence-electron chi connectivity index (χ4n) is 3.20. The predicted octanol–water partition coefficient (Wildman–Crippen LogP) is 3.03. The van der Waals surface area contributed by atoms with Gasteiger partial charge in [-0.15, -0.1) is 0 Å². The number of hydrogen-bond donors (Lipinski definition) is 2. The fourth-order valence-corrected chi connectivity index (χ4v) is 3.20. The first-order valence-corrected chi connectivity index (χ1v) is 9.42. The minimum Gasteiger partial charge on any atom is -0.507 e. The molecular weight excluding hydrogens is 358 g/mol. The van der Waals surface area contributed by atoms with E-state index in [2.05, 4.69) is 13.8 Å². The first-order chi connectivity index (χ1) is 13.5. The Morgan fingerprint density at radius 2 is 1.68 bits per heavy atom. The summed E-state index contributed by atoms with van der Waals surface area (Å²) in [6.07, 6.45) is 0. The molecule has 1 aromatic heterocycles. The van der Waals surface area contributed by atoms with Gasteiger partial charge in [-0.3, -0.25) is 4.79 Å². The van der Waals surface area contributed by atoms with Crippen LogP contribution in [0, 0.1) is 6.92 Å². The van der Waals surface area contributed by atoms with Gasteiger partial charge >= 0.3 is 0 Å². The number of methoxy groups -OCH3 is 1. The zero-order chi connectivity index (χ0) is 20.3. The molecule has 0 spiro atoms. The predicted molar refractivity (Wildman–Crippen MR) is 108 cm³/mol. The van der Waals surface area contributed by atoms with Crippen LogP contribution < -0.4 is 19.8 Å². The second kappa shape index (κ2) is 8.35. The van der Waals surface area contributed by atoms with E-state index in [-0.39, 0.29) is 16.9 Å². The van der Waals surface area contributed by atoms with Crippen LogP contribution in [0.15, 0.2) is 45.6 Å². The van der Waals surface area contributed by atoms with Gasteiger partial charge in [-0.05, 0) is 57.2 Å². The molecule has 0 saturated carbocycles. The van der Waals surface area contributed by atoms with Crippen molar-refractivity contribution in [3.63, 3.8) is 0 Å². The smallest absolute Gasteiger partial charge is 0.235 e. The summed E-state index contributed by atoms with van der Waals surface area (Å²) in [5, 5.41) is 10.8. The van der Waals surface area contributed by atoms with Crippen LogP contribution in [0.2, 0.25) is 0 Å². The van der Waals surface area contributed by atoms with Crippen molar-refractivity contribution in [3.8, 4) is 23.0 Å². The number of aryl methyl sites for hydroxylation is 1. The number of aromatic hydroxyl groups is 1. The highest BCUT2D eigenvalue weighted by molar-refractivity contribution is 5.83. The highest BCUT2D eigenvalue weighted by Crippen LogP contribution is 2.31. The molecule has 0 radical (unpaired) electrons. The Balaban J connectivity index is 2.07. The van der Waals surface area contributed by atoms with E-state index in [9.17, 15) is 9.90 Å². The molecule has 0 aliphatic heterocycles. The molecule has 0 aliphatic rings. The van der Waals surface area contributed by atoms with Gasteiger partial charge in [0.2, 0.25) is 11.2 Å². The van der Waals surface area contributed by atoms with Crippen molar-refractivity contribution < 1.29 is 23.9 Å². The molecule has 0 unspecified atom stereocenters. The Morgan fingerprint density at radius 3 is 2.29 bits per heavy atom. The maximum Gasteiger partial charge on any atom is 0.235 e. The molecule has 3 rings (SSSR count).